The first-order chi connectivity index (χ1) is 19.7. The molecule has 5 heteroatoms. The molecule has 0 saturated heterocycles. The Hall–Kier alpha value is -3.86. The Kier molecular flexibility index (Phi) is 9.33. The molecule has 0 aromatic heterocycles. The zero-order valence-electron chi connectivity index (χ0n) is 24.1. The zero-order valence-corrected chi connectivity index (χ0v) is 24.1. The highest BCUT2D eigenvalue weighted by atomic mass is 15.1. The molecule has 1 saturated carbocycles. The van der Waals surface area contributed by atoms with E-state index < -0.39 is 0 Å². The van der Waals surface area contributed by atoms with Crippen molar-refractivity contribution in [2.45, 2.75) is 65.2 Å². The van der Waals surface area contributed by atoms with Gasteiger partial charge >= 0.3 is 0 Å². The summed E-state index contributed by atoms with van der Waals surface area (Å²) in [5.74, 6) is 1.62. The fraction of sp³-hybridized carbons (Fsp3) is 0.371. The van der Waals surface area contributed by atoms with Crippen molar-refractivity contribution in [1.82, 2.24) is 0 Å². The van der Waals surface area contributed by atoms with Gasteiger partial charge in [0.1, 0.15) is 0 Å². The topological polar surface area (TPSA) is 52.7 Å². The lowest BCUT2D eigenvalue weighted by Gasteiger charge is -2.28. The van der Waals surface area contributed by atoms with Gasteiger partial charge in [0, 0.05) is 29.5 Å². The number of hydrogen-bond acceptors (Lipinski definition) is 5. The highest BCUT2D eigenvalue weighted by Gasteiger charge is 2.21. The molecule has 1 aliphatic carbocycles. The molecular weight excluding hydrogens is 490 g/mol. The van der Waals surface area contributed by atoms with Crippen LogP contribution in [0.1, 0.15) is 70.8 Å². The molecule has 0 bridgehead atoms. The van der Waals surface area contributed by atoms with Crippen molar-refractivity contribution < 1.29 is 0 Å². The third-order valence-electron chi connectivity index (χ3n) is 8.31. The van der Waals surface area contributed by atoms with Gasteiger partial charge in [0.25, 0.3) is 0 Å². The van der Waals surface area contributed by atoms with Crippen LogP contribution in [-0.2, 0) is 0 Å². The highest BCUT2D eigenvalue weighted by molar-refractivity contribution is 5.99. The maximum atomic E-state index is 4.63. The molecule has 206 valence electrons. The predicted octanol–water partition coefficient (Wildman–Crippen LogP) is 11.6. The molecule has 0 radical (unpaired) electrons. The molecule has 0 unspecified atom stereocenters. The Bertz CT molecular complexity index is 1430. The SMILES string of the molecule is CCCC1CCC(c2ccc(N=Nc3ccc(N=Nc4ccc(N(CC)CC)cc4)c4ccccc34)cc2)CC1. The van der Waals surface area contributed by atoms with Gasteiger partial charge < -0.3 is 4.90 Å². The lowest BCUT2D eigenvalue weighted by Crippen LogP contribution is -2.21. The van der Waals surface area contributed by atoms with Crippen molar-refractivity contribution in [2.24, 2.45) is 26.4 Å². The molecule has 1 fully saturated rings. The van der Waals surface area contributed by atoms with Gasteiger partial charge in [-0.15, -0.1) is 10.2 Å². The number of benzene rings is 4. The maximum absolute atomic E-state index is 4.63. The molecule has 5 nitrogen and oxygen atoms in total. The van der Waals surface area contributed by atoms with Crippen LogP contribution in [0, 0.1) is 5.92 Å². The Labute approximate surface area is 239 Å². The lowest BCUT2D eigenvalue weighted by atomic mass is 9.77. The summed E-state index contributed by atoms with van der Waals surface area (Å²) in [6.45, 7) is 8.61. The molecule has 40 heavy (non-hydrogen) atoms. The number of azo groups is 2. The fourth-order valence-corrected chi connectivity index (χ4v) is 5.99. The third-order valence-corrected chi connectivity index (χ3v) is 8.31. The fourth-order valence-electron chi connectivity index (χ4n) is 5.99. The van der Waals surface area contributed by atoms with Gasteiger partial charge in [-0.25, -0.2) is 0 Å². The summed E-state index contributed by atoms with van der Waals surface area (Å²) in [5.41, 5.74) is 6.01. The van der Waals surface area contributed by atoms with Crippen molar-refractivity contribution in [2.75, 3.05) is 18.0 Å². The third kappa shape index (κ3) is 6.64. The quantitative estimate of drug-likeness (QED) is 0.188. The van der Waals surface area contributed by atoms with Gasteiger partial charge in [-0.1, -0.05) is 56.2 Å². The van der Waals surface area contributed by atoms with E-state index in [9.17, 15) is 0 Å². The van der Waals surface area contributed by atoms with Gasteiger partial charge in [0.05, 0.1) is 22.7 Å². The van der Waals surface area contributed by atoms with E-state index in [2.05, 4.69) is 94.7 Å². The van der Waals surface area contributed by atoms with Crippen LogP contribution < -0.4 is 4.90 Å². The summed E-state index contributed by atoms with van der Waals surface area (Å²) >= 11 is 0. The van der Waals surface area contributed by atoms with E-state index in [-0.39, 0.29) is 0 Å². The minimum absolute atomic E-state index is 0.685. The number of anilines is 1. The van der Waals surface area contributed by atoms with Gasteiger partial charge in [0.2, 0.25) is 0 Å². The Morgan fingerprint density at radius 1 is 0.600 bits per heavy atom. The summed E-state index contributed by atoms with van der Waals surface area (Å²) in [6, 6.07) is 29.1. The van der Waals surface area contributed by atoms with E-state index in [0.717, 1.165) is 52.5 Å². The first kappa shape index (κ1) is 27.7. The second-order valence-corrected chi connectivity index (χ2v) is 10.8. The first-order valence-electron chi connectivity index (χ1n) is 15.0. The first-order valence-corrected chi connectivity index (χ1v) is 15.0. The normalized spacial score (nSPS) is 17.7. The molecule has 0 atom stereocenters. The van der Waals surface area contributed by atoms with E-state index in [1.807, 2.05) is 36.4 Å². The summed E-state index contributed by atoms with van der Waals surface area (Å²) < 4.78 is 0. The van der Waals surface area contributed by atoms with Crippen molar-refractivity contribution in [1.29, 1.82) is 0 Å². The average molecular weight is 532 g/mol. The van der Waals surface area contributed by atoms with E-state index in [1.165, 1.54) is 49.8 Å². The van der Waals surface area contributed by atoms with Crippen LogP contribution in [0.3, 0.4) is 0 Å². The molecule has 0 heterocycles. The Morgan fingerprint density at radius 2 is 1.12 bits per heavy atom. The van der Waals surface area contributed by atoms with Gasteiger partial charge in [-0.2, -0.15) is 10.2 Å². The van der Waals surface area contributed by atoms with Crippen LogP contribution in [0.4, 0.5) is 28.4 Å². The second kappa shape index (κ2) is 13.5. The standard InChI is InChI=1S/C35H41N5/c1-4-9-26-12-14-27(15-13-26)28-16-18-29(19-17-28)36-38-34-24-25-35(33-11-8-7-10-32(33)34)39-37-30-20-22-31(23-21-30)40(5-2)6-3/h7-8,10-11,16-27H,4-6,9,12-15H2,1-3H3. The summed E-state index contributed by atoms with van der Waals surface area (Å²) in [6.07, 6.45) is 8.04. The van der Waals surface area contributed by atoms with Crippen molar-refractivity contribution >= 4 is 39.2 Å². The number of rotatable bonds is 10. The van der Waals surface area contributed by atoms with Crippen molar-refractivity contribution in [3.05, 3.63) is 90.5 Å². The number of fused-ring (bicyclic) bond motifs is 1. The van der Waals surface area contributed by atoms with Gasteiger partial charge in [-0.05, 0) is 105 Å². The molecule has 5 rings (SSSR count). The molecule has 0 spiro atoms. The van der Waals surface area contributed by atoms with Gasteiger partial charge in [0.15, 0.2) is 0 Å². The number of nitrogens with zero attached hydrogens (tertiary/aromatic N) is 5. The van der Waals surface area contributed by atoms with Crippen LogP contribution in [0.15, 0.2) is 105 Å². The van der Waals surface area contributed by atoms with E-state index in [1.54, 1.807) is 0 Å². The Morgan fingerprint density at radius 3 is 1.62 bits per heavy atom. The van der Waals surface area contributed by atoms with Gasteiger partial charge in [-0.3, -0.25) is 0 Å². The summed E-state index contributed by atoms with van der Waals surface area (Å²) in [7, 11) is 0. The van der Waals surface area contributed by atoms with Crippen molar-refractivity contribution in [3.8, 4) is 0 Å². The van der Waals surface area contributed by atoms with E-state index in [4.69, 9.17) is 0 Å². The van der Waals surface area contributed by atoms with E-state index >= 15 is 0 Å². The van der Waals surface area contributed by atoms with Crippen LogP contribution in [-0.4, -0.2) is 13.1 Å². The summed E-state index contributed by atoms with van der Waals surface area (Å²) in [4.78, 5) is 2.31. The van der Waals surface area contributed by atoms with Crippen LogP contribution in [0.25, 0.3) is 10.8 Å². The molecule has 4 aromatic carbocycles. The maximum Gasteiger partial charge on any atom is 0.0936 e. The molecule has 1 aliphatic rings. The van der Waals surface area contributed by atoms with E-state index in [0.29, 0.717) is 5.92 Å². The monoisotopic (exact) mass is 531 g/mol. The number of hydrogen-bond donors (Lipinski definition) is 0. The Balaban J connectivity index is 1.29. The molecular formula is C35H41N5. The largest absolute Gasteiger partial charge is 0.372 e. The second-order valence-electron chi connectivity index (χ2n) is 10.8. The molecule has 4 aromatic rings. The molecule has 0 amide bonds. The lowest BCUT2D eigenvalue weighted by molar-refractivity contribution is 0.308. The highest BCUT2D eigenvalue weighted by Crippen LogP contribution is 2.39. The minimum atomic E-state index is 0.685. The smallest absolute Gasteiger partial charge is 0.0936 e. The van der Waals surface area contributed by atoms with Crippen LogP contribution >= 0.6 is 0 Å². The predicted molar refractivity (Wildman–Crippen MR) is 168 cm³/mol. The molecule has 0 aliphatic heterocycles. The average Bonchev–Trinajstić information content (AvgIpc) is 3.01. The van der Waals surface area contributed by atoms with Crippen molar-refractivity contribution in [3.63, 3.8) is 0 Å². The molecule has 0 N–H and O–H groups in total. The minimum Gasteiger partial charge on any atom is -0.372 e. The zero-order chi connectivity index (χ0) is 27.7. The summed E-state index contributed by atoms with van der Waals surface area (Å²) in [5, 5.41) is 20.3. The van der Waals surface area contributed by atoms with Crippen LogP contribution in [0.5, 0.6) is 0 Å². The van der Waals surface area contributed by atoms with Crippen LogP contribution in [0.2, 0.25) is 0 Å².